The lowest BCUT2D eigenvalue weighted by Crippen LogP contribution is -2.05. The molecule has 0 fully saturated rings. The van der Waals surface area contributed by atoms with E-state index in [2.05, 4.69) is 31.1 Å². The van der Waals surface area contributed by atoms with Crippen LogP contribution in [0.4, 0.5) is 13.2 Å². The molecule has 0 aromatic carbocycles. The molecule has 9 heteroatoms. The van der Waals surface area contributed by atoms with Gasteiger partial charge in [0, 0.05) is 24.7 Å². The molecular weight excluding hydrogens is 327 g/mol. The van der Waals surface area contributed by atoms with Crippen molar-refractivity contribution in [1.29, 1.82) is 0 Å². The van der Waals surface area contributed by atoms with Crippen molar-refractivity contribution in [2.24, 2.45) is 0 Å². The molecule has 0 unspecified atom stereocenters. The molecule has 0 radical (unpaired) electrons. The number of rotatable bonds is 1. The first kappa shape index (κ1) is 12.2. The van der Waals surface area contributed by atoms with E-state index in [1.807, 2.05) is 0 Å². The van der Waals surface area contributed by atoms with Gasteiger partial charge < -0.3 is 0 Å². The molecule has 3 rings (SSSR count). The van der Waals surface area contributed by atoms with Crippen molar-refractivity contribution in [2.75, 3.05) is 0 Å². The third kappa shape index (κ3) is 2.09. The molecule has 0 saturated heterocycles. The summed E-state index contributed by atoms with van der Waals surface area (Å²) in [5, 5.41) is 7.47. The Morgan fingerprint density at radius 2 is 2.05 bits per heavy atom. The van der Waals surface area contributed by atoms with Gasteiger partial charge in [-0.2, -0.15) is 23.4 Å². The average Bonchev–Trinajstić information content (AvgIpc) is 2.93. The first-order valence-corrected chi connectivity index (χ1v) is 5.86. The summed E-state index contributed by atoms with van der Waals surface area (Å²) in [6, 6.07) is 0.942. The van der Waals surface area contributed by atoms with Crippen LogP contribution in [0.25, 0.3) is 11.3 Å². The third-order valence-electron chi connectivity index (χ3n) is 2.43. The zero-order valence-electron chi connectivity index (χ0n) is 9.13. The number of aromatic nitrogens is 5. The number of hydrogen-bond acceptors (Lipinski definition) is 3. The highest BCUT2D eigenvalue weighted by Crippen LogP contribution is 2.29. The molecule has 3 heterocycles. The van der Waals surface area contributed by atoms with E-state index in [1.165, 1.54) is 23.3 Å². The van der Waals surface area contributed by atoms with Gasteiger partial charge >= 0.3 is 6.18 Å². The summed E-state index contributed by atoms with van der Waals surface area (Å²) in [6.45, 7) is 0. The van der Waals surface area contributed by atoms with Crippen LogP contribution in [0.3, 0.4) is 0 Å². The van der Waals surface area contributed by atoms with Gasteiger partial charge in [0.1, 0.15) is 5.52 Å². The Bertz CT molecular complexity index is 745. The van der Waals surface area contributed by atoms with Crippen LogP contribution >= 0.6 is 15.9 Å². The van der Waals surface area contributed by atoms with Gasteiger partial charge in [-0.1, -0.05) is 0 Å². The highest BCUT2D eigenvalue weighted by atomic mass is 79.9. The molecule has 0 spiro atoms. The summed E-state index contributed by atoms with van der Waals surface area (Å²) in [5.74, 6) is 0.274. The minimum Gasteiger partial charge on any atom is -0.235 e. The molecule has 5 nitrogen and oxygen atoms in total. The van der Waals surface area contributed by atoms with Crippen LogP contribution in [0.1, 0.15) is 5.69 Å². The highest BCUT2D eigenvalue weighted by molar-refractivity contribution is 9.10. The van der Waals surface area contributed by atoms with Gasteiger partial charge in [0.2, 0.25) is 0 Å². The predicted molar refractivity (Wildman–Crippen MR) is 62.8 cm³/mol. The van der Waals surface area contributed by atoms with E-state index in [1.54, 1.807) is 6.20 Å². The minimum absolute atomic E-state index is 0.227. The van der Waals surface area contributed by atoms with Crippen molar-refractivity contribution in [1.82, 2.24) is 24.4 Å². The van der Waals surface area contributed by atoms with Gasteiger partial charge in [-0.25, -0.2) is 14.2 Å². The monoisotopic (exact) mass is 331 g/mol. The first-order chi connectivity index (χ1) is 8.95. The molecule has 0 N–H and O–H groups in total. The van der Waals surface area contributed by atoms with Crippen molar-refractivity contribution in [3.63, 3.8) is 0 Å². The Morgan fingerprint density at radius 1 is 1.26 bits per heavy atom. The fourth-order valence-electron chi connectivity index (χ4n) is 1.64. The van der Waals surface area contributed by atoms with Gasteiger partial charge in [-0.15, -0.1) is 0 Å². The molecule has 0 aliphatic carbocycles. The predicted octanol–water partition coefficient (Wildman–Crippen LogP) is 2.70. The Labute approximate surface area is 112 Å². The number of nitrogens with zero attached hydrogens (tertiary/aromatic N) is 5. The normalized spacial score (nSPS) is 12.2. The lowest BCUT2D eigenvalue weighted by molar-refractivity contribution is -0.141. The van der Waals surface area contributed by atoms with E-state index in [0.29, 0.717) is 4.47 Å². The van der Waals surface area contributed by atoms with E-state index >= 15 is 0 Å². The lowest BCUT2D eigenvalue weighted by Gasteiger charge is -2.01. The summed E-state index contributed by atoms with van der Waals surface area (Å²) < 4.78 is 41.1. The van der Waals surface area contributed by atoms with Crippen molar-refractivity contribution < 1.29 is 13.2 Å². The van der Waals surface area contributed by atoms with Crippen molar-refractivity contribution >= 4 is 21.4 Å². The largest absolute Gasteiger partial charge is 0.435 e. The van der Waals surface area contributed by atoms with Crippen LogP contribution in [-0.4, -0.2) is 24.4 Å². The maximum atomic E-state index is 12.6. The molecule has 3 aromatic rings. The van der Waals surface area contributed by atoms with Crippen LogP contribution < -0.4 is 0 Å². The van der Waals surface area contributed by atoms with Crippen LogP contribution in [0.2, 0.25) is 0 Å². The highest BCUT2D eigenvalue weighted by Gasteiger charge is 2.34. The summed E-state index contributed by atoms with van der Waals surface area (Å²) in [7, 11) is 0. The minimum atomic E-state index is -4.49. The molecule has 19 heavy (non-hydrogen) atoms. The molecule has 0 atom stereocenters. The van der Waals surface area contributed by atoms with Gasteiger partial charge in [0.15, 0.2) is 11.5 Å². The van der Waals surface area contributed by atoms with E-state index in [9.17, 15) is 13.2 Å². The van der Waals surface area contributed by atoms with E-state index in [0.717, 1.165) is 10.6 Å². The van der Waals surface area contributed by atoms with Gasteiger partial charge in [-0.05, 0) is 15.9 Å². The fourth-order valence-corrected chi connectivity index (χ4v) is 1.93. The van der Waals surface area contributed by atoms with Crippen LogP contribution in [0, 0.1) is 0 Å². The van der Waals surface area contributed by atoms with Gasteiger partial charge in [0.25, 0.3) is 0 Å². The SMILES string of the molecule is FC(F)(F)c1cc2c(-n3cc(Br)cn3)nccn2n1. The van der Waals surface area contributed by atoms with Gasteiger partial charge in [0.05, 0.1) is 10.7 Å². The van der Waals surface area contributed by atoms with Crippen molar-refractivity contribution in [3.8, 4) is 5.82 Å². The molecular formula is C10H5BrF3N5. The molecule has 0 bridgehead atoms. The summed E-state index contributed by atoms with van der Waals surface area (Å²) in [6.07, 6.45) is 1.35. The molecule has 0 aliphatic heterocycles. The molecule has 3 aromatic heterocycles. The summed E-state index contributed by atoms with van der Waals surface area (Å²) in [4.78, 5) is 4.04. The zero-order chi connectivity index (χ0) is 13.6. The van der Waals surface area contributed by atoms with E-state index < -0.39 is 11.9 Å². The topological polar surface area (TPSA) is 48.0 Å². The van der Waals surface area contributed by atoms with E-state index in [4.69, 9.17) is 0 Å². The number of hydrogen-bond donors (Lipinski definition) is 0. The average molecular weight is 332 g/mol. The Morgan fingerprint density at radius 3 is 2.68 bits per heavy atom. The van der Waals surface area contributed by atoms with Gasteiger partial charge in [-0.3, -0.25) is 0 Å². The van der Waals surface area contributed by atoms with Crippen molar-refractivity contribution in [3.05, 3.63) is 41.0 Å². The van der Waals surface area contributed by atoms with Crippen molar-refractivity contribution in [2.45, 2.75) is 6.18 Å². The summed E-state index contributed by atoms with van der Waals surface area (Å²) >= 11 is 3.22. The maximum Gasteiger partial charge on any atom is 0.435 e. The van der Waals surface area contributed by atoms with Crippen LogP contribution in [0.5, 0.6) is 0 Å². The molecule has 0 aliphatic rings. The first-order valence-electron chi connectivity index (χ1n) is 5.07. The maximum absolute atomic E-state index is 12.6. The number of alkyl halides is 3. The van der Waals surface area contributed by atoms with Crippen LogP contribution in [-0.2, 0) is 6.18 Å². The second-order valence-electron chi connectivity index (χ2n) is 3.71. The Balaban J connectivity index is 2.23. The molecule has 0 amide bonds. The number of halogens is 4. The Kier molecular flexibility index (Phi) is 2.59. The third-order valence-corrected chi connectivity index (χ3v) is 2.84. The number of fused-ring (bicyclic) bond motifs is 1. The smallest absolute Gasteiger partial charge is 0.235 e. The Hall–Kier alpha value is -1.90. The standard InChI is InChI=1S/C10H5BrF3N5/c11-6-4-16-19(5-6)9-7-3-8(10(12,13)14)17-18(7)2-1-15-9/h1-5H. The van der Waals surface area contributed by atoms with Crippen LogP contribution in [0.15, 0.2) is 35.3 Å². The molecule has 98 valence electrons. The zero-order valence-corrected chi connectivity index (χ0v) is 10.7. The molecule has 0 saturated carbocycles. The summed E-state index contributed by atoms with van der Waals surface area (Å²) in [5.41, 5.74) is -0.738. The second-order valence-corrected chi connectivity index (χ2v) is 4.63. The fraction of sp³-hybridized carbons (Fsp3) is 0.100. The second kappa shape index (κ2) is 4.05. The van der Waals surface area contributed by atoms with E-state index in [-0.39, 0.29) is 11.3 Å². The lowest BCUT2D eigenvalue weighted by atomic mass is 10.4. The quantitative estimate of drug-likeness (QED) is 0.688.